The molecule has 1 aliphatic heterocycles. The molecule has 1 N–H and O–H groups in total. The lowest BCUT2D eigenvalue weighted by molar-refractivity contribution is 0.102. The Balaban J connectivity index is 1.66. The van der Waals surface area contributed by atoms with Crippen LogP contribution in [0.1, 0.15) is 36.0 Å². The highest BCUT2D eigenvalue weighted by molar-refractivity contribution is 6.04. The van der Waals surface area contributed by atoms with Crippen LogP contribution in [0, 0.1) is 5.82 Å². The van der Waals surface area contributed by atoms with Gasteiger partial charge in [0.15, 0.2) is 0 Å². The summed E-state index contributed by atoms with van der Waals surface area (Å²) in [5, 5.41) is 2.68. The summed E-state index contributed by atoms with van der Waals surface area (Å²) >= 11 is 0. The Kier molecular flexibility index (Phi) is 4.80. The molecule has 1 aromatic heterocycles. The number of carbonyl (C=O) groups is 1. The molecule has 5 nitrogen and oxygen atoms in total. The molecule has 0 saturated carbocycles. The van der Waals surface area contributed by atoms with Gasteiger partial charge in [-0.1, -0.05) is 18.9 Å². The highest BCUT2D eigenvalue weighted by Gasteiger charge is 2.13. The predicted molar refractivity (Wildman–Crippen MR) is 87.1 cm³/mol. The number of hydrogen-bond donors (Lipinski definition) is 1. The van der Waals surface area contributed by atoms with Crippen LogP contribution in [0.25, 0.3) is 0 Å². The first-order valence-electron chi connectivity index (χ1n) is 7.86. The number of carbonyl (C=O) groups excluding carboxylic acids is 1. The smallest absolute Gasteiger partial charge is 0.255 e. The van der Waals surface area contributed by atoms with E-state index in [0.717, 1.165) is 25.9 Å². The molecule has 2 heterocycles. The minimum Gasteiger partial charge on any atom is -0.341 e. The van der Waals surface area contributed by atoms with Gasteiger partial charge in [-0.05, 0) is 31.0 Å². The average Bonchev–Trinajstić information content (AvgIpc) is 2.85. The SMILES string of the molecule is O=C(Nc1cnc(N2CCCCCC2)nc1)c1cccc(F)c1. The molecule has 3 rings (SSSR count). The summed E-state index contributed by atoms with van der Waals surface area (Å²) in [6, 6.07) is 5.56. The molecule has 23 heavy (non-hydrogen) atoms. The van der Waals surface area contributed by atoms with Gasteiger partial charge < -0.3 is 10.2 Å². The van der Waals surface area contributed by atoms with Gasteiger partial charge in [0.1, 0.15) is 5.82 Å². The highest BCUT2D eigenvalue weighted by Crippen LogP contribution is 2.16. The number of nitrogens with zero attached hydrogens (tertiary/aromatic N) is 3. The maximum absolute atomic E-state index is 13.1. The first-order valence-corrected chi connectivity index (χ1v) is 7.86. The highest BCUT2D eigenvalue weighted by atomic mass is 19.1. The maximum Gasteiger partial charge on any atom is 0.255 e. The molecule has 0 unspecified atom stereocenters. The zero-order valence-electron chi connectivity index (χ0n) is 12.8. The zero-order valence-corrected chi connectivity index (χ0v) is 12.8. The predicted octanol–water partition coefficient (Wildman–Crippen LogP) is 3.25. The number of nitrogens with one attached hydrogen (secondary N) is 1. The Labute approximate surface area is 134 Å². The molecule has 1 fully saturated rings. The molecule has 0 spiro atoms. The van der Waals surface area contributed by atoms with Crippen LogP contribution >= 0.6 is 0 Å². The Hall–Kier alpha value is -2.50. The summed E-state index contributed by atoms with van der Waals surface area (Å²) in [6.07, 6.45) is 7.98. The molecule has 1 aromatic carbocycles. The molecule has 2 aromatic rings. The topological polar surface area (TPSA) is 58.1 Å². The van der Waals surface area contributed by atoms with Crippen molar-refractivity contribution in [2.24, 2.45) is 0 Å². The Morgan fingerprint density at radius 1 is 1.09 bits per heavy atom. The molecule has 0 aliphatic carbocycles. The van der Waals surface area contributed by atoms with Crippen molar-refractivity contribution in [3.8, 4) is 0 Å². The number of rotatable bonds is 3. The summed E-state index contributed by atoms with van der Waals surface area (Å²) in [5.41, 5.74) is 0.763. The average molecular weight is 314 g/mol. The largest absolute Gasteiger partial charge is 0.341 e. The molecule has 0 radical (unpaired) electrons. The quantitative estimate of drug-likeness (QED) is 0.945. The summed E-state index contributed by atoms with van der Waals surface area (Å²) in [5.74, 6) is -0.128. The number of amides is 1. The molecule has 120 valence electrons. The third-order valence-corrected chi connectivity index (χ3v) is 3.87. The molecular weight excluding hydrogens is 295 g/mol. The molecule has 6 heteroatoms. The second-order valence-electron chi connectivity index (χ2n) is 5.64. The minimum atomic E-state index is -0.439. The van der Waals surface area contributed by atoms with Gasteiger partial charge in [0, 0.05) is 18.7 Å². The minimum absolute atomic E-state index is 0.265. The van der Waals surface area contributed by atoms with E-state index in [-0.39, 0.29) is 11.5 Å². The Bertz CT molecular complexity index is 667. The fraction of sp³-hybridized carbons (Fsp3) is 0.353. The molecule has 0 bridgehead atoms. The normalized spacial score (nSPS) is 15.1. The van der Waals surface area contributed by atoms with Gasteiger partial charge in [0.05, 0.1) is 18.1 Å². The summed E-state index contributed by atoms with van der Waals surface area (Å²) < 4.78 is 13.1. The van der Waals surface area contributed by atoms with E-state index in [4.69, 9.17) is 0 Å². The lowest BCUT2D eigenvalue weighted by Crippen LogP contribution is -2.26. The van der Waals surface area contributed by atoms with Crippen LogP contribution in [0.5, 0.6) is 0 Å². The van der Waals surface area contributed by atoms with Gasteiger partial charge >= 0.3 is 0 Å². The van der Waals surface area contributed by atoms with Crippen LogP contribution < -0.4 is 10.2 Å². The lowest BCUT2D eigenvalue weighted by Gasteiger charge is -2.19. The van der Waals surface area contributed by atoms with Crippen LogP contribution in [0.4, 0.5) is 16.0 Å². The number of anilines is 2. The van der Waals surface area contributed by atoms with Gasteiger partial charge in [-0.2, -0.15) is 0 Å². The number of benzene rings is 1. The Morgan fingerprint density at radius 2 is 1.78 bits per heavy atom. The monoisotopic (exact) mass is 314 g/mol. The van der Waals surface area contributed by atoms with E-state index in [1.807, 2.05) is 0 Å². The van der Waals surface area contributed by atoms with Gasteiger partial charge in [-0.15, -0.1) is 0 Å². The van der Waals surface area contributed by atoms with Crippen molar-refractivity contribution in [3.05, 3.63) is 48.0 Å². The van der Waals surface area contributed by atoms with Crippen molar-refractivity contribution >= 4 is 17.5 Å². The standard InChI is InChI=1S/C17H19FN4O/c18-14-7-5-6-13(10-14)16(23)21-15-11-19-17(20-12-15)22-8-3-1-2-4-9-22/h5-7,10-12H,1-4,8-9H2,(H,21,23). The van der Waals surface area contributed by atoms with Crippen molar-refractivity contribution in [2.75, 3.05) is 23.3 Å². The fourth-order valence-electron chi connectivity index (χ4n) is 2.65. The van der Waals surface area contributed by atoms with Crippen molar-refractivity contribution < 1.29 is 9.18 Å². The first kappa shape index (κ1) is 15.4. The van der Waals surface area contributed by atoms with E-state index in [2.05, 4.69) is 20.2 Å². The van der Waals surface area contributed by atoms with Crippen LogP contribution in [0.3, 0.4) is 0 Å². The van der Waals surface area contributed by atoms with Crippen molar-refractivity contribution in [1.29, 1.82) is 0 Å². The molecular formula is C17H19FN4O. The van der Waals surface area contributed by atoms with E-state index in [1.165, 1.54) is 31.0 Å². The zero-order chi connectivity index (χ0) is 16.1. The van der Waals surface area contributed by atoms with Crippen molar-refractivity contribution in [1.82, 2.24) is 9.97 Å². The van der Waals surface area contributed by atoms with Crippen LogP contribution in [0.15, 0.2) is 36.7 Å². The van der Waals surface area contributed by atoms with Gasteiger partial charge in [0.25, 0.3) is 5.91 Å². The maximum atomic E-state index is 13.1. The fourth-order valence-corrected chi connectivity index (χ4v) is 2.65. The molecule has 1 aliphatic rings. The number of hydrogen-bond acceptors (Lipinski definition) is 4. The third-order valence-electron chi connectivity index (χ3n) is 3.87. The van der Waals surface area contributed by atoms with E-state index in [1.54, 1.807) is 18.5 Å². The number of halogens is 1. The third kappa shape index (κ3) is 4.03. The van der Waals surface area contributed by atoms with Gasteiger partial charge in [-0.3, -0.25) is 4.79 Å². The summed E-state index contributed by atoms with van der Waals surface area (Å²) in [6.45, 7) is 1.93. The summed E-state index contributed by atoms with van der Waals surface area (Å²) in [7, 11) is 0. The van der Waals surface area contributed by atoms with E-state index in [9.17, 15) is 9.18 Å². The molecule has 1 amide bonds. The van der Waals surface area contributed by atoms with Crippen molar-refractivity contribution in [3.63, 3.8) is 0 Å². The van der Waals surface area contributed by atoms with Crippen LogP contribution in [-0.4, -0.2) is 29.0 Å². The lowest BCUT2D eigenvalue weighted by atomic mass is 10.2. The molecule has 0 atom stereocenters. The van der Waals surface area contributed by atoms with E-state index < -0.39 is 5.82 Å². The Morgan fingerprint density at radius 3 is 2.43 bits per heavy atom. The summed E-state index contributed by atoms with van der Waals surface area (Å²) in [4.78, 5) is 22.9. The molecule has 1 saturated heterocycles. The van der Waals surface area contributed by atoms with Crippen molar-refractivity contribution in [2.45, 2.75) is 25.7 Å². The van der Waals surface area contributed by atoms with Crippen LogP contribution in [0.2, 0.25) is 0 Å². The number of aromatic nitrogens is 2. The van der Waals surface area contributed by atoms with E-state index in [0.29, 0.717) is 11.6 Å². The second-order valence-corrected chi connectivity index (χ2v) is 5.64. The van der Waals surface area contributed by atoms with Gasteiger partial charge in [-0.25, -0.2) is 14.4 Å². The second kappa shape index (κ2) is 7.17. The van der Waals surface area contributed by atoms with Crippen LogP contribution in [-0.2, 0) is 0 Å². The first-order chi connectivity index (χ1) is 11.2. The van der Waals surface area contributed by atoms with Gasteiger partial charge in [0.2, 0.25) is 5.95 Å². The van der Waals surface area contributed by atoms with E-state index >= 15 is 0 Å².